The monoisotopic (exact) mass is 272 g/mol. The smallest absolute Gasteiger partial charge is 0.252 e. The summed E-state index contributed by atoms with van der Waals surface area (Å²) in [6.45, 7) is 9.39. The van der Waals surface area contributed by atoms with E-state index in [1.165, 1.54) is 0 Å². The minimum absolute atomic E-state index is 0.0701. The lowest BCUT2D eigenvalue weighted by molar-refractivity contribution is 0.0949. The molecule has 3 heteroatoms. The molecule has 0 saturated carbocycles. The summed E-state index contributed by atoms with van der Waals surface area (Å²) in [6, 6.07) is 5.69. The van der Waals surface area contributed by atoms with Crippen molar-refractivity contribution in [2.24, 2.45) is 11.1 Å². The molecule has 1 amide bonds. The molecule has 0 aromatic heterocycles. The van der Waals surface area contributed by atoms with E-state index in [4.69, 9.17) is 5.73 Å². The van der Waals surface area contributed by atoms with Crippen LogP contribution in [0.3, 0.4) is 0 Å². The quantitative estimate of drug-likeness (QED) is 0.831. The molecule has 1 rings (SSSR count). The van der Waals surface area contributed by atoms with E-state index >= 15 is 0 Å². The van der Waals surface area contributed by atoms with Crippen LogP contribution in [0.1, 0.15) is 48.7 Å². The Kier molecular flexibility index (Phi) is 5.79. The third kappa shape index (κ3) is 5.46. The van der Waals surface area contributed by atoms with E-state index in [0.29, 0.717) is 18.7 Å². The van der Waals surface area contributed by atoms with Crippen molar-refractivity contribution in [1.29, 1.82) is 0 Å². The van der Waals surface area contributed by atoms with Gasteiger partial charge in [0.15, 0.2) is 0 Å². The van der Waals surface area contributed by atoms with E-state index in [1.54, 1.807) is 0 Å². The van der Waals surface area contributed by atoms with Crippen LogP contribution in [-0.2, 0) is 0 Å². The molecule has 108 valence electrons. The van der Waals surface area contributed by atoms with Crippen LogP contribution >= 0.6 is 0 Å². The molecule has 0 aliphatic rings. The number of nitrogens with one attached hydrogen (secondary N) is 1. The molecule has 3 nitrogen and oxygen atoms in total. The van der Waals surface area contributed by atoms with Gasteiger partial charge in [0.05, 0.1) is 12.1 Å². The minimum atomic E-state index is -0.0701. The topological polar surface area (TPSA) is 55.1 Å². The summed E-state index contributed by atoms with van der Waals surface area (Å²) in [4.78, 5) is 12.3. The van der Waals surface area contributed by atoms with Crippen LogP contribution in [0.5, 0.6) is 0 Å². The molecule has 1 aromatic rings. The first-order valence-electron chi connectivity index (χ1n) is 6.91. The fraction of sp³-hybridized carbons (Fsp3) is 0.471. The largest absolute Gasteiger partial charge is 0.352 e. The second-order valence-corrected chi connectivity index (χ2v) is 6.12. The lowest BCUT2D eigenvalue weighted by Gasteiger charge is -2.18. The fourth-order valence-electron chi connectivity index (χ4n) is 1.75. The molecule has 0 spiro atoms. The average Bonchev–Trinajstić information content (AvgIpc) is 2.35. The third-order valence-electron chi connectivity index (χ3n) is 2.91. The number of hydrogen-bond acceptors (Lipinski definition) is 2. The van der Waals surface area contributed by atoms with Gasteiger partial charge in [-0.3, -0.25) is 4.79 Å². The molecule has 0 aliphatic heterocycles. The molecular weight excluding hydrogens is 248 g/mol. The van der Waals surface area contributed by atoms with Gasteiger partial charge in [-0.05, 0) is 30.9 Å². The normalized spacial score (nSPS) is 10.7. The van der Waals surface area contributed by atoms with Gasteiger partial charge in [-0.25, -0.2) is 0 Å². The summed E-state index contributed by atoms with van der Waals surface area (Å²) in [7, 11) is 0. The van der Waals surface area contributed by atoms with Crippen molar-refractivity contribution in [3.05, 3.63) is 34.9 Å². The van der Waals surface area contributed by atoms with Gasteiger partial charge in [0.1, 0.15) is 0 Å². The highest BCUT2D eigenvalue weighted by Crippen LogP contribution is 2.17. The van der Waals surface area contributed by atoms with Gasteiger partial charge < -0.3 is 11.1 Å². The fourth-order valence-corrected chi connectivity index (χ4v) is 1.75. The summed E-state index contributed by atoms with van der Waals surface area (Å²) in [6.07, 6.45) is 0.939. The van der Waals surface area contributed by atoms with Crippen molar-refractivity contribution in [2.45, 2.75) is 34.1 Å². The first kappa shape index (κ1) is 16.3. The number of benzene rings is 1. The van der Waals surface area contributed by atoms with Gasteiger partial charge >= 0.3 is 0 Å². The highest BCUT2D eigenvalue weighted by Gasteiger charge is 2.13. The highest BCUT2D eigenvalue weighted by molar-refractivity contribution is 5.96. The zero-order chi connectivity index (χ0) is 15.2. The van der Waals surface area contributed by atoms with Crippen molar-refractivity contribution >= 4 is 5.91 Å². The van der Waals surface area contributed by atoms with E-state index in [9.17, 15) is 4.79 Å². The average molecular weight is 272 g/mol. The van der Waals surface area contributed by atoms with Gasteiger partial charge in [-0.2, -0.15) is 0 Å². The second-order valence-electron chi connectivity index (χ2n) is 6.12. The summed E-state index contributed by atoms with van der Waals surface area (Å²) in [5, 5.41) is 2.96. The molecule has 0 fully saturated rings. The number of rotatable bonds is 3. The molecule has 0 unspecified atom stereocenters. The number of carbonyl (C=O) groups excluding carboxylic acids is 1. The van der Waals surface area contributed by atoms with Gasteiger partial charge in [0.25, 0.3) is 5.91 Å². The Hall–Kier alpha value is -1.79. The van der Waals surface area contributed by atoms with Crippen LogP contribution < -0.4 is 11.1 Å². The maximum Gasteiger partial charge on any atom is 0.252 e. The Balaban J connectivity index is 2.83. The van der Waals surface area contributed by atoms with Gasteiger partial charge in [-0.15, -0.1) is 0 Å². The van der Waals surface area contributed by atoms with Crippen molar-refractivity contribution in [2.75, 3.05) is 13.1 Å². The zero-order valence-electron chi connectivity index (χ0n) is 12.8. The van der Waals surface area contributed by atoms with Crippen LogP contribution in [0.2, 0.25) is 0 Å². The predicted octanol–water partition coefficient (Wildman–Crippen LogP) is 2.47. The van der Waals surface area contributed by atoms with Crippen LogP contribution in [-0.4, -0.2) is 19.0 Å². The molecule has 0 heterocycles. The SMILES string of the molecule is Cc1ccc(C#CCN)c(C(=O)NCCC(C)(C)C)c1. The molecule has 0 aliphatic carbocycles. The maximum absolute atomic E-state index is 12.3. The zero-order valence-corrected chi connectivity index (χ0v) is 12.8. The molecule has 3 N–H and O–H groups in total. The number of amides is 1. The first-order valence-corrected chi connectivity index (χ1v) is 6.91. The number of nitrogens with two attached hydrogens (primary N) is 1. The third-order valence-corrected chi connectivity index (χ3v) is 2.91. The van der Waals surface area contributed by atoms with Crippen molar-refractivity contribution < 1.29 is 4.79 Å². The molecule has 1 aromatic carbocycles. The van der Waals surface area contributed by atoms with Gasteiger partial charge in [0.2, 0.25) is 0 Å². The molecule has 0 radical (unpaired) electrons. The van der Waals surface area contributed by atoms with Gasteiger partial charge in [-0.1, -0.05) is 44.2 Å². The van der Waals surface area contributed by atoms with E-state index in [1.807, 2.05) is 25.1 Å². The second kappa shape index (κ2) is 7.12. The van der Waals surface area contributed by atoms with Crippen molar-refractivity contribution in [3.8, 4) is 11.8 Å². The van der Waals surface area contributed by atoms with E-state index in [0.717, 1.165) is 17.5 Å². The maximum atomic E-state index is 12.3. The Morgan fingerprint density at radius 1 is 1.35 bits per heavy atom. The summed E-state index contributed by atoms with van der Waals surface area (Å²) >= 11 is 0. The van der Waals surface area contributed by atoms with E-state index < -0.39 is 0 Å². The first-order chi connectivity index (χ1) is 9.33. The number of aryl methyl sites for hydroxylation is 1. The van der Waals surface area contributed by atoms with Crippen LogP contribution in [0, 0.1) is 24.2 Å². The highest BCUT2D eigenvalue weighted by atomic mass is 16.1. The minimum Gasteiger partial charge on any atom is -0.352 e. The lowest BCUT2D eigenvalue weighted by Crippen LogP contribution is -2.28. The molecule has 0 saturated heterocycles. The summed E-state index contributed by atoms with van der Waals surface area (Å²) in [5.41, 5.74) is 8.00. The van der Waals surface area contributed by atoms with Crippen LogP contribution in [0.15, 0.2) is 18.2 Å². The number of hydrogen-bond donors (Lipinski definition) is 2. The Bertz CT molecular complexity index is 530. The molecule has 0 atom stereocenters. The number of carbonyl (C=O) groups is 1. The lowest BCUT2D eigenvalue weighted by atomic mass is 9.92. The van der Waals surface area contributed by atoms with Crippen molar-refractivity contribution in [3.63, 3.8) is 0 Å². The summed E-state index contributed by atoms with van der Waals surface area (Å²) < 4.78 is 0. The van der Waals surface area contributed by atoms with E-state index in [-0.39, 0.29) is 11.3 Å². The van der Waals surface area contributed by atoms with Crippen LogP contribution in [0.25, 0.3) is 0 Å². The Morgan fingerprint density at radius 2 is 2.05 bits per heavy atom. The Labute approximate surface area is 121 Å². The van der Waals surface area contributed by atoms with Crippen molar-refractivity contribution in [1.82, 2.24) is 5.32 Å². The molecular formula is C17H24N2O. The molecule has 20 heavy (non-hydrogen) atoms. The summed E-state index contributed by atoms with van der Waals surface area (Å²) in [5.74, 6) is 5.68. The molecule has 0 bridgehead atoms. The van der Waals surface area contributed by atoms with Crippen LogP contribution in [0.4, 0.5) is 0 Å². The standard InChI is InChI=1S/C17H24N2O/c1-13-7-8-14(6-5-10-18)15(12-13)16(20)19-11-9-17(2,3)4/h7-8,12H,9-11,18H2,1-4H3,(H,19,20). The van der Waals surface area contributed by atoms with E-state index in [2.05, 4.69) is 37.9 Å². The Morgan fingerprint density at radius 3 is 2.65 bits per heavy atom. The van der Waals surface area contributed by atoms with Gasteiger partial charge in [0, 0.05) is 12.1 Å². The predicted molar refractivity (Wildman–Crippen MR) is 83.5 cm³/mol.